The van der Waals surface area contributed by atoms with Crippen molar-refractivity contribution in [2.24, 2.45) is 0 Å². The number of halogens is 1. The van der Waals surface area contributed by atoms with E-state index in [4.69, 9.17) is 4.74 Å². The Morgan fingerprint density at radius 2 is 2.05 bits per heavy atom. The molecule has 0 saturated heterocycles. The van der Waals surface area contributed by atoms with Gasteiger partial charge < -0.3 is 15.4 Å². The molecule has 1 aromatic carbocycles. The zero-order valence-electron chi connectivity index (χ0n) is 13.4. The summed E-state index contributed by atoms with van der Waals surface area (Å²) in [6.45, 7) is 11.4. The Kier molecular flexibility index (Phi) is 6.68. The number of carbonyl (C=O) groups is 1. The summed E-state index contributed by atoms with van der Waals surface area (Å²) in [5, 5.41) is 6.18. The fourth-order valence-electron chi connectivity index (χ4n) is 1.68. The lowest BCUT2D eigenvalue weighted by Gasteiger charge is -2.21. The number of carbonyl (C=O) groups excluding carboxylic acids is 1. The predicted molar refractivity (Wildman–Crippen MR) is 89.5 cm³/mol. The maximum Gasteiger partial charge on any atom is 0.260 e. The highest BCUT2D eigenvalue weighted by molar-refractivity contribution is 9.10. The molecule has 1 atom stereocenters. The van der Waals surface area contributed by atoms with Crippen LogP contribution in [0.25, 0.3) is 0 Å². The summed E-state index contributed by atoms with van der Waals surface area (Å²) in [7, 11) is 0. The van der Waals surface area contributed by atoms with Gasteiger partial charge in [-0.05, 0) is 68.2 Å². The molecule has 5 heteroatoms. The number of nitrogens with one attached hydrogen (secondary N) is 2. The van der Waals surface area contributed by atoms with Crippen molar-refractivity contribution in [1.82, 2.24) is 10.6 Å². The Labute approximate surface area is 135 Å². The maximum absolute atomic E-state index is 11.7. The lowest BCUT2D eigenvalue weighted by Crippen LogP contribution is -2.36. The van der Waals surface area contributed by atoms with Crippen molar-refractivity contribution >= 4 is 21.8 Å². The van der Waals surface area contributed by atoms with E-state index in [-0.39, 0.29) is 11.4 Å². The van der Waals surface area contributed by atoms with Gasteiger partial charge in [-0.15, -0.1) is 0 Å². The number of likely N-dealkylation sites (N-methyl/N-ethyl adjacent to an activating group) is 1. The van der Waals surface area contributed by atoms with Crippen LogP contribution in [0.1, 0.15) is 40.2 Å². The molecule has 0 radical (unpaired) electrons. The average Bonchev–Trinajstić information content (AvgIpc) is 2.38. The topological polar surface area (TPSA) is 50.4 Å². The van der Waals surface area contributed by atoms with Gasteiger partial charge in [-0.25, -0.2) is 0 Å². The number of hydrogen-bond donors (Lipinski definition) is 2. The van der Waals surface area contributed by atoms with Crippen molar-refractivity contribution in [3.8, 4) is 5.75 Å². The highest BCUT2D eigenvalue weighted by Gasteiger charge is 2.15. The molecule has 118 valence electrons. The Morgan fingerprint density at radius 1 is 1.38 bits per heavy atom. The molecule has 1 aromatic rings. The molecule has 4 nitrogen and oxygen atoms in total. The van der Waals surface area contributed by atoms with Crippen LogP contribution in [0.15, 0.2) is 22.7 Å². The lowest BCUT2D eigenvalue weighted by molar-refractivity contribution is -0.127. The van der Waals surface area contributed by atoms with E-state index in [0.29, 0.717) is 12.3 Å². The second-order valence-electron chi connectivity index (χ2n) is 6.02. The van der Waals surface area contributed by atoms with Crippen LogP contribution in [0.5, 0.6) is 5.75 Å². The van der Waals surface area contributed by atoms with Crippen molar-refractivity contribution < 1.29 is 9.53 Å². The van der Waals surface area contributed by atoms with Gasteiger partial charge in [-0.3, -0.25) is 4.79 Å². The smallest absolute Gasteiger partial charge is 0.260 e. The maximum atomic E-state index is 11.7. The molecule has 0 saturated carbocycles. The largest absolute Gasteiger partial charge is 0.480 e. The highest BCUT2D eigenvalue weighted by atomic mass is 79.9. The summed E-state index contributed by atoms with van der Waals surface area (Å²) in [5.41, 5.74) is 1.24. The van der Waals surface area contributed by atoms with Crippen molar-refractivity contribution in [2.75, 3.05) is 6.54 Å². The molecule has 1 unspecified atom stereocenters. The van der Waals surface area contributed by atoms with Crippen molar-refractivity contribution in [3.63, 3.8) is 0 Å². The number of amides is 1. The van der Waals surface area contributed by atoms with Crippen LogP contribution in [0.3, 0.4) is 0 Å². The van der Waals surface area contributed by atoms with E-state index >= 15 is 0 Å². The SMILES string of the molecule is CCNC(=O)C(C)Oc1ccc(CNC(C)(C)C)cc1Br. The molecule has 0 bridgehead atoms. The second-order valence-corrected chi connectivity index (χ2v) is 6.88. The Balaban J connectivity index is 2.68. The molecule has 0 spiro atoms. The molecule has 1 amide bonds. The third-order valence-corrected chi connectivity index (χ3v) is 3.46. The van der Waals surface area contributed by atoms with Gasteiger partial charge in [0, 0.05) is 18.6 Å². The van der Waals surface area contributed by atoms with Gasteiger partial charge in [0.05, 0.1) is 4.47 Å². The van der Waals surface area contributed by atoms with Crippen LogP contribution in [0.4, 0.5) is 0 Å². The van der Waals surface area contributed by atoms with Gasteiger partial charge in [0.15, 0.2) is 6.10 Å². The minimum Gasteiger partial charge on any atom is -0.480 e. The quantitative estimate of drug-likeness (QED) is 0.822. The van der Waals surface area contributed by atoms with E-state index < -0.39 is 6.10 Å². The molecule has 0 aliphatic rings. The standard InChI is InChI=1S/C16H25BrN2O2/c1-6-18-15(20)11(2)21-14-8-7-12(9-13(14)17)10-19-16(3,4)5/h7-9,11,19H,6,10H2,1-5H3,(H,18,20). The molecule has 2 N–H and O–H groups in total. The zero-order valence-corrected chi connectivity index (χ0v) is 15.0. The summed E-state index contributed by atoms with van der Waals surface area (Å²) >= 11 is 3.50. The summed E-state index contributed by atoms with van der Waals surface area (Å²) in [4.78, 5) is 11.7. The monoisotopic (exact) mass is 356 g/mol. The molecule has 0 aromatic heterocycles. The van der Waals surface area contributed by atoms with Crippen molar-refractivity contribution in [3.05, 3.63) is 28.2 Å². The Bertz CT molecular complexity index is 484. The number of ether oxygens (including phenoxy) is 1. The molecule has 0 heterocycles. The van der Waals surface area contributed by atoms with Gasteiger partial charge in [0.2, 0.25) is 0 Å². The number of hydrogen-bond acceptors (Lipinski definition) is 3. The third kappa shape index (κ3) is 6.48. The molecule has 0 aliphatic carbocycles. The van der Waals surface area contributed by atoms with E-state index in [1.165, 1.54) is 0 Å². The summed E-state index contributed by atoms with van der Waals surface area (Å²) in [6, 6.07) is 5.90. The molecule has 1 rings (SSSR count). The number of benzene rings is 1. The van der Waals surface area contributed by atoms with E-state index in [2.05, 4.69) is 47.3 Å². The van der Waals surface area contributed by atoms with Crippen LogP contribution in [0.2, 0.25) is 0 Å². The minimum atomic E-state index is -0.514. The van der Waals surface area contributed by atoms with Gasteiger partial charge in [-0.2, -0.15) is 0 Å². The van der Waals surface area contributed by atoms with Crippen molar-refractivity contribution in [1.29, 1.82) is 0 Å². The van der Waals surface area contributed by atoms with Crippen molar-refractivity contribution in [2.45, 2.75) is 52.8 Å². The first-order chi connectivity index (χ1) is 9.73. The van der Waals surface area contributed by atoms with E-state index in [1.807, 2.05) is 25.1 Å². The molecule has 0 fully saturated rings. The number of rotatable bonds is 6. The van der Waals surface area contributed by atoms with Gasteiger partial charge in [-0.1, -0.05) is 6.07 Å². The first-order valence-electron chi connectivity index (χ1n) is 7.20. The summed E-state index contributed by atoms with van der Waals surface area (Å²) < 4.78 is 6.53. The molecule has 0 aliphatic heterocycles. The fraction of sp³-hybridized carbons (Fsp3) is 0.562. The highest BCUT2D eigenvalue weighted by Crippen LogP contribution is 2.27. The van der Waals surface area contributed by atoms with Gasteiger partial charge >= 0.3 is 0 Å². The van der Waals surface area contributed by atoms with Gasteiger partial charge in [0.1, 0.15) is 5.75 Å². The second kappa shape index (κ2) is 7.80. The molecule has 21 heavy (non-hydrogen) atoms. The van der Waals surface area contributed by atoms with Gasteiger partial charge in [0.25, 0.3) is 5.91 Å². The summed E-state index contributed by atoms with van der Waals surface area (Å²) in [6.07, 6.45) is -0.514. The zero-order chi connectivity index (χ0) is 16.0. The normalized spacial score (nSPS) is 12.9. The Hall–Kier alpha value is -1.07. The minimum absolute atomic E-state index is 0.0778. The summed E-state index contributed by atoms with van der Waals surface area (Å²) in [5.74, 6) is 0.566. The fourth-order valence-corrected chi connectivity index (χ4v) is 2.20. The third-order valence-electron chi connectivity index (χ3n) is 2.84. The van der Waals surface area contributed by atoms with E-state index in [1.54, 1.807) is 6.92 Å². The predicted octanol–water partition coefficient (Wildman–Crippen LogP) is 3.24. The molecular formula is C16H25BrN2O2. The van der Waals surface area contributed by atoms with Crippen LogP contribution in [0, 0.1) is 0 Å². The first-order valence-corrected chi connectivity index (χ1v) is 8.00. The van der Waals surface area contributed by atoms with E-state index in [9.17, 15) is 4.79 Å². The van der Waals surface area contributed by atoms with E-state index in [0.717, 1.165) is 16.6 Å². The Morgan fingerprint density at radius 3 is 2.57 bits per heavy atom. The van der Waals surface area contributed by atoms with Crippen LogP contribution in [-0.2, 0) is 11.3 Å². The van der Waals surface area contributed by atoms with Crippen LogP contribution < -0.4 is 15.4 Å². The average molecular weight is 357 g/mol. The molecular weight excluding hydrogens is 332 g/mol. The lowest BCUT2D eigenvalue weighted by atomic mass is 10.1. The van der Waals surface area contributed by atoms with Crippen LogP contribution >= 0.6 is 15.9 Å². The first kappa shape index (κ1) is 18.0. The van der Waals surface area contributed by atoms with Crippen LogP contribution in [-0.4, -0.2) is 24.1 Å².